The lowest BCUT2D eigenvalue weighted by Crippen LogP contribution is -2.26. The van der Waals surface area contributed by atoms with Crippen LogP contribution in [-0.2, 0) is 4.79 Å². The molecule has 104 valence electrons. The van der Waals surface area contributed by atoms with E-state index in [1.807, 2.05) is 43.3 Å². The number of anilines is 1. The van der Waals surface area contributed by atoms with E-state index in [1.54, 1.807) is 0 Å². The number of amides is 1. The van der Waals surface area contributed by atoms with Crippen molar-refractivity contribution in [1.29, 1.82) is 0 Å². The van der Waals surface area contributed by atoms with Crippen LogP contribution in [0.15, 0.2) is 36.4 Å². The summed E-state index contributed by atoms with van der Waals surface area (Å²) in [5, 5.41) is 5.92. The van der Waals surface area contributed by atoms with Gasteiger partial charge in [0.2, 0.25) is 5.91 Å². The minimum Gasteiger partial charge on any atom is -0.368 e. The topological polar surface area (TPSA) is 66.9 Å². The van der Waals surface area contributed by atoms with Gasteiger partial charge in [-0.05, 0) is 6.92 Å². The standard InChI is InChI=1S/C15H18N4O/c1-11-10-14(17-9-8-16-12(2)20)19-15(18-11)13-6-4-3-5-7-13/h3-7,10H,8-9H2,1-2H3,(H,16,20)(H,17,18,19). The molecule has 0 aliphatic heterocycles. The van der Waals surface area contributed by atoms with Gasteiger partial charge in [0.05, 0.1) is 0 Å². The molecule has 0 fully saturated rings. The summed E-state index contributed by atoms with van der Waals surface area (Å²) >= 11 is 0. The largest absolute Gasteiger partial charge is 0.368 e. The SMILES string of the molecule is CC(=O)NCCNc1cc(C)nc(-c2ccccc2)n1. The molecular weight excluding hydrogens is 252 g/mol. The van der Waals surface area contributed by atoms with Crippen LogP contribution >= 0.6 is 0 Å². The van der Waals surface area contributed by atoms with Crippen LogP contribution in [0.25, 0.3) is 11.4 Å². The number of hydrogen-bond acceptors (Lipinski definition) is 4. The summed E-state index contributed by atoms with van der Waals surface area (Å²) in [4.78, 5) is 19.7. The summed E-state index contributed by atoms with van der Waals surface area (Å²) in [5.41, 5.74) is 1.89. The quantitative estimate of drug-likeness (QED) is 0.815. The summed E-state index contributed by atoms with van der Waals surface area (Å²) in [6, 6.07) is 11.7. The molecule has 5 nitrogen and oxygen atoms in total. The van der Waals surface area contributed by atoms with Gasteiger partial charge in [-0.15, -0.1) is 0 Å². The molecule has 0 radical (unpaired) electrons. The van der Waals surface area contributed by atoms with Crippen molar-refractivity contribution >= 4 is 11.7 Å². The van der Waals surface area contributed by atoms with Crippen LogP contribution in [0.4, 0.5) is 5.82 Å². The first-order chi connectivity index (χ1) is 9.65. The Balaban J connectivity index is 2.07. The predicted molar refractivity (Wildman–Crippen MR) is 79.4 cm³/mol. The molecule has 0 saturated heterocycles. The van der Waals surface area contributed by atoms with E-state index in [-0.39, 0.29) is 5.91 Å². The first-order valence-electron chi connectivity index (χ1n) is 6.54. The number of benzene rings is 1. The maximum Gasteiger partial charge on any atom is 0.216 e. The Kier molecular flexibility index (Phi) is 4.65. The van der Waals surface area contributed by atoms with Gasteiger partial charge in [0.1, 0.15) is 5.82 Å². The van der Waals surface area contributed by atoms with Gasteiger partial charge in [0.25, 0.3) is 0 Å². The molecule has 1 heterocycles. The molecule has 1 aromatic carbocycles. The number of carbonyl (C=O) groups is 1. The molecule has 1 amide bonds. The Bertz CT molecular complexity index is 584. The summed E-state index contributed by atoms with van der Waals surface area (Å²) in [6.45, 7) is 4.64. The van der Waals surface area contributed by atoms with Crippen molar-refractivity contribution in [2.24, 2.45) is 0 Å². The van der Waals surface area contributed by atoms with Crippen molar-refractivity contribution < 1.29 is 4.79 Å². The Hall–Kier alpha value is -2.43. The molecule has 1 aromatic heterocycles. The predicted octanol–water partition coefficient (Wildman–Crippen LogP) is 2.00. The fourth-order valence-corrected chi connectivity index (χ4v) is 1.80. The van der Waals surface area contributed by atoms with Crippen molar-refractivity contribution in [2.45, 2.75) is 13.8 Å². The highest BCUT2D eigenvalue weighted by molar-refractivity contribution is 5.72. The Labute approximate surface area is 118 Å². The van der Waals surface area contributed by atoms with Gasteiger partial charge in [-0.2, -0.15) is 0 Å². The normalized spacial score (nSPS) is 10.1. The fourth-order valence-electron chi connectivity index (χ4n) is 1.80. The third kappa shape index (κ3) is 4.05. The minimum absolute atomic E-state index is 0.0318. The fraction of sp³-hybridized carbons (Fsp3) is 0.267. The van der Waals surface area contributed by atoms with E-state index in [9.17, 15) is 4.79 Å². The van der Waals surface area contributed by atoms with Crippen molar-refractivity contribution in [1.82, 2.24) is 15.3 Å². The average Bonchev–Trinajstić information content (AvgIpc) is 2.44. The van der Waals surface area contributed by atoms with Crippen molar-refractivity contribution in [3.05, 3.63) is 42.1 Å². The Morgan fingerprint density at radius 2 is 1.90 bits per heavy atom. The van der Waals surface area contributed by atoms with Crippen LogP contribution in [-0.4, -0.2) is 29.0 Å². The highest BCUT2D eigenvalue weighted by atomic mass is 16.1. The van der Waals surface area contributed by atoms with Crippen LogP contribution in [0, 0.1) is 6.92 Å². The molecule has 0 unspecified atom stereocenters. The smallest absolute Gasteiger partial charge is 0.216 e. The number of aromatic nitrogens is 2. The van der Waals surface area contributed by atoms with Crippen molar-refractivity contribution in [2.75, 3.05) is 18.4 Å². The average molecular weight is 270 g/mol. The van der Waals surface area contributed by atoms with Gasteiger partial charge < -0.3 is 10.6 Å². The lowest BCUT2D eigenvalue weighted by Gasteiger charge is -2.09. The van der Waals surface area contributed by atoms with Crippen molar-refractivity contribution in [3.8, 4) is 11.4 Å². The van der Waals surface area contributed by atoms with Gasteiger partial charge >= 0.3 is 0 Å². The number of aryl methyl sites for hydroxylation is 1. The summed E-state index contributed by atoms with van der Waals surface area (Å²) in [7, 11) is 0. The van der Waals surface area contributed by atoms with E-state index < -0.39 is 0 Å². The monoisotopic (exact) mass is 270 g/mol. The summed E-state index contributed by atoms with van der Waals surface area (Å²) < 4.78 is 0. The maximum absolute atomic E-state index is 10.8. The molecule has 0 saturated carbocycles. The minimum atomic E-state index is -0.0318. The molecule has 2 rings (SSSR count). The molecule has 0 aliphatic rings. The zero-order chi connectivity index (χ0) is 14.4. The molecule has 5 heteroatoms. The van der Waals surface area contributed by atoms with E-state index in [0.717, 1.165) is 17.1 Å². The lowest BCUT2D eigenvalue weighted by atomic mass is 10.2. The highest BCUT2D eigenvalue weighted by Crippen LogP contribution is 2.17. The molecule has 2 N–H and O–H groups in total. The Morgan fingerprint density at radius 3 is 2.60 bits per heavy atom. The number of hydrogen-bond donors (Lipinski definition) is 2. The second-order valence-electron chi connectivity index (χ2n) is 4.49. The Morgan fingerprint density at radius 1 is 1.15 bits per heavy atom. The molecular formula is C15H18N4O. The molecule has 0 aliphatic carbocycles. The summed E-state index contributed by atoms with van der Waals surface area (Å²) in [6.07, 6.45) is 0. The molecule has 0 bridgehead atoms. The van der Waals surface area contributed by atoms with Gasteiger partial charge in [0, 0.05) is 37.3 Å². The van der Waals surface area contributed by atoms with Crippen LogP contribution in [0.3, 0.4) is 0 Å². The molecule has 0 atom stereocenters. The van der Waals surface area contributed by atoms with Crippen LogP contribution < -0.4 is 10.6 Å². The third-order valence-corrected chi connectivity index (χ3v) is 2.69. The summed E-state index contributed by atoms with van der Waals surface area (Å²) in [5.74, 6) is 1.44. The number of nitrogens with one attached hydrogen (secondary N) is 2. The second-order valence-corrected chi connectivity index (χ2v) is 4.49. The van der Waals surface area contributed by atoms with Gasteiger partial charge in [-0.3, -0.25) is 4.79 Å². The zero-order valence-electron chi connectivity index (χ0n) is 11.7. The van der Waals surface area contributed by atoms with Crippen LogP contribution in [0.1, 0.15) is 12.6 Å². The maximum atomic E-state index is 10.8. The number of nitrogens with zero attached hydrogens (tertiary/aromatic N) is 2. The number of carbonyl (C=O) groups excluding carboxylic acids is 1. The van der Waals surface area contributed by atoms with Crippen LogP contribution in [0.2, 0.25) is 0 Å². The van der Waals surface area contributed by atoms with Gasteiger partial charge in [0.15, 0.2) is 5.82 Å². The van der Waals surface area contributed by atoms with Gasteiger partial charge in [-0.25, -0.2) is 9.97 Å². The first kappa shape index (κ1) is 14.0. The second kappa shape index (κ2) is 6.65. The van der Waals surface area contributed by atoms with Crippen molar-refractivity contribution in [3.63, 3.8) is 0 Å². The third-order valence-electron chi connectivity index (χ3n) is 2.69. The van der Waals surface area contributed by atoms with E-state index in [2.05, 4.69) is 20.6 Å². The lowest BCUT2D eigenvalue weighted by molar-refractivity contribution is -0.118. The molecule has 0 spiro atoms. The first-order valence-corrected chi connectivity index (χ1v) is 6.54. The van der Waals surface area contributed by atoms with E-state index >= 15 is 0 Å². The van der Waals surface area contributed by atoms with E-state index in [0.29, 0.717) is 18.9 Å². The zero-order valence-corrected chi connectivity index (χ0v) is 11.7. The van der Waals surface area contributed by atoms with E-state index in [1.165, 1.54) is 6.92 Å². The number of rotatable bonds is 5. The molecule has 2 aromatic rings. The van der Waals surface area contributed by atoms with Gasteiger partial charge in [-0.1, -0.05) is 30.3 Å². The highest BCUT2D eigenvalue weighted by Gasteiger charge is 2.04. The molecule has 20 heavy (non-hydrogen) atoms. The van der Waals surface area contributed by atoms with Crippen LogP contribution in [0.5, 0.6) is 0 Å². The van der Waals surface area contributed by atoms with E-state index in [4.69, 9.17) is 0 Å².